The van der Waals surface area contributed by atoms with Crippen molar-refractivity contribution in [2.24, 2.45) is 17.8 Å². The molecule has 15 nitrogen and oxygen atoms in total. The second-order valence-electron chi connectivity index (χ2n) is 15.7. The number of nitrogens with one attached hydrogen (secondary N) is 3. The van der Waals surface area contributed by atoms with E-state index in [0.29, 0.717) is 42.6 Å². The van der Waals surface area contributed by atoms with Gasteiger partial charge >= 0.3 is 6.09 Å². The minimum Gasteiger partial charge on any atom is -0.497 e. The summed E-state index contributed by atoms with van der Waals surface area (Å²) in [6.45, 7) is 5.35. The largest absolute Gasteiger partial charge is 0.497 e. The molecule has 1 saturated heterocycles. The number of carbonyl (C=O) groups is 4. The number of carboxylic acid groups (broad SMARTS) is 1. The summed E-state index contributed by atoms with van der Waals surface area (Å²) in [6.07, 6.45) is 4.62. The number of nitrogens with zero attached hydrogens (tertiary/aromatic N) is 3. The maximum Gasteiger partial charge on any atom is 0.405 e. The normalized spacial score (nSPS) is 30.4. The van der Waals surface area contributed by atoms with Crippen LogP contribution in [-0.2, 0) is 24.4 Å². The van der Waals surface area contributed by atoms with Crippen molar-refractivity contribution in [2.45, 2.75) is 94.2 Å². The number of anilines is 1. The predicted molar refractivity (Wildman–Crippen MR) is 197 cm³/mol. The van der Waals surface area contributed by atoms with E-state index in [-0.39, 0.29) is 31.2 Å². The van der Waals surface area contributed by atoms with Gasteiger partial charge < -0.3 is 35.0 Å². The average Bonchev–Trinajstić information content (AvgIpc) is 3.98. The molecule has 0 bridgehead atoms. The lowest BCUT2D eigenvalue weighted by Gasteiger charge is -2.32. The van der Waals surface area contributed by atoms with Crippen LogP contribution in [0.1, 0.15) is 65.7 Å². The van der Waals surface area contributed by atoms with E-state index in [1.165, 1.54) is 4.90 Å². The summed E-state index contributed by atoms with van der Waals surface area (Å²) in [5, 5.41) is 16.5. The highest BCUT2D eigenvalue weighted by molar-refractivity contribution is 7.91. The van der Waals surface area contributed by atoms with E-state index in [2.05, 4.69) is 15.4 Å². The zero-order chi connectivity index (χ0) is 38.5. The topological polar surface area (TPSA) is 197 Å². The summed E-state index contributed by atoms with van der Waals surface area (Å²) < 4.78 is 39.4. The number of methoxy groups -OCH3 is 1. The van der Waals surface area contributed by atoms with Crippen LogP contribution < -0.4 is 29.7 Å². The molecule has 53 heavy (non-hydrogen) atoms. The summed E-state index contributed by atoms with van der Waals surface area (Å²) in [4.78, 5) is 62.6. The molecule has 0 spiro atoms. The van der Waals surface area contributed by atoms with Crippen molar-refractivity contribution in [3.05, 3.63) is 36.4 Å². The van der Waals surface area contributed by atoms with Crippen LogP contribution >= 0.6 is 0 Å². The Morgan fingerprint density at radius 3 is 2.53 bits per heavy atom. The Kier molecular flexibility index (Phi) is 10.3. The zero-order valence-electron chi connectivity index (χ0n) is 31.0. The summed E-state index contributed by atoms with van der Waals surface area (Å²) in [5.41, 5.74) is -1.55. The molecule has 3 fully saturated rings. The van der Waals surface area contributed by atoms with Crippen LogP contribution in [0.5, 0.6) is 11.6 Å². The van der Waals surface area contributed by atoms with Gasteiger partial charge in [0.05, 0.1) is 18.4 Å². The summed E-state index contributed by atoms with van der Waals surface area (Å²) >= 11 is 0. The second-order valence-corrected chi connectivity index (χ2v) is 17.9. The number of amides is 4. The molecule has 4 N–H and O–H groups in total. The van der Waals surface area contributed by atoms with Gasteiger partial charge in [0.1, 0.15) is 35.3 Å². The Hall–Kier alpha value is -4.60. The molecule has 0 unspecified atom stereocenters. The fourth-order valence-electron chi connectivity index (χ4n) is 7.52. The van der Waals surface area contributed by atoms with E-state index in [0.717, 1.165) is 11.8 Å². The highest BCUT2D eigenvalue weighted by atomic mass is 32.2. The van der Waals surface area contributed by atoms with E-state index in [9.17, 15) is 32.7 Å². The first-order valence-corrected chi connectivity index (χ1v) is 19.6. The molecule has 4 amide bonds. The quantitative estimate of drug-likeness (QED) is 0.289. The lowest BCUT2D eigenvalue weighted by molar-refractivity contribution is -0.142. The second kappa shape index (κ2) is 14.3. The molecule has 4 aliphatic rings. The van der Waals surface area contributed by atoms with Gasteiger partial charge in [-0.25, -0.2) is 13.2 Å². The lowest BCUT2D eigenvalue weighted by atomic mass is 9.88. The van der Waals surface area contributed by atoms with Crippen LogP contribution in [0.4, 0.5) is 10.6 Å². The lowest BCUT2D eigenvalue weighted by Crippen LogP contribution is -2.59. The van der Waals surface area contributed by atoms with Crippen molar-refractivity contribution in [1.82, 2.24) is 25.2 Å². The number of pyridine rings is 1. The van der Waals surface area contributed by atoms with Crippen LogP contribution in [0.25, 0.3) is 10.8 Å². The average molecular weight is 755 g/mol. The number of hydrogen-bond donors (Lipinski definition) is 4. The minimum atomic E-state index is -4.01. The molecule has 2 aliphatic heterocycles. The first kappa shape index (κ1) is 38.1. The number of sulfonamides is 1. The van der Waals surface area contributed by atoms with E-state index < -0.39 is 74.1 Å². The van der Waals surface area contributed by atoms with E-state index in [1.54, 1.807) is 20.1 Å². The van der Waals surface area contributed by atoms with Gasteiger partial charge in [0.2, 0.25) is 27.7 Å². The van der Waals surface area contributed by atoms with Gasteiger partial charge in [-0.1, -0.05) is 26.0 Å². The third-order valence-corrected chi connectivity index (χ3v) is 13.4. The van der Waals surface area contributed by atoms with Crippen LogP contribution in [0.2, 0.25) is 0 Å². The van der Waals surface area contributed by atoms with Gasteiger partial charge in [-0.2, -0.15) is 4.98 Å². The van der Waals surface area contributed by atoms with Crippen LogP contribution in [0.15, 0.2) is 36.4 Å². The Labute approximate surface area is 309 Å². The zero-order valence-corrected chi connectivity index (χ0v) is 31.9. The highest BCUT2D eigenvalue weighted by Crippen LogP contribution is 2.47. The van der Waals surface area contributed by atoms with Crippen molar-refractivity contribution in [1.29, 1.82) is 0 Å². The SMILES string of the molecule is COc1ccc2c(O[C@@H]3C[C@H]4C(=O)N[C@]5(C(=O)NS(=O)(=O)C6(C)CC6)C[C@H]5/C=C\CC[C@H](C)C[C@@H](C)[C@H](NC(=O)O)C(=O)N4C3)nc(N(C)C)cc2c1. The third-order valence-electron chi connectivity index (χ3n) is 11.3. The van der Waals surface area contributed by atoms with Gasteiger partial charge in [0, 0.05) is 31.8 Å². The number of fused-ring (bicyclic) bond motifs is 3. The molecule has 2 aromatic rings. The number of ether oxygens (including phenoxy) is 2. The van der Waals surface area contributed by atoms with Crippen molar-refractivity contribution in [2.75, 3.05) is 32.6 Å². The first-order valence-electron chi connectivity index (χ1n) is 18.1. The van der Waals surface area contributed by atoms with Crippen molar-refractivity contribution < 1.29 is 42.2 Å². The standard InChI is InChI=1S/C37H50N6O9S/c1-21-9-7-8-10-24-19-37(24,34(46)41-53(49,50)36(3)13-14-36)40-31(44)28-18-26(20-43(28)33(45)30(22(2)15-21)39-35(47)48)52-32-27-12-11-25(51-6)16-23(27)17-29(38-32)42(4)5/h8,10-12,16-17,21-22,24,26,28,30,39H,7,9,13-15,18-20H2,1-6H3,(H,40,44)(H,41,46)(H,47,48)/b10-8-/t21-,22+,24+,26+,28-,30-,37+/m0/s1. The maximum atomic E-state index is 14.5. The Morgan fingerprint density at radius 1 is 1.13 bits per heavy atom. The Balaban J connectivity index is 1.36. The van der Waals surface area contributed by atoms with E-state index in [1.807, 2.05) is 63.2 Å². The van der Waals surface area contributed by atoms with Crippen LogP contribution in [0.3, 0.4) is 0 Å². The number of allylic oxidation sites excluding steroid dienone is 1. The molecule has 288 valence electrons. The first-order chi connectivity index (χ1) is 25.0. The maximum absolute atomic E-state index is 14.5. The van der Waals surface area contributed by atoms with E-state index in [4.69, 9.17) is 14.5 Å². The van der Waals surface area contributed by atoms with Crippen LogP contribution in [0, 0.1) is 17.8 Å². The molecule has 1 aromatic heterocycles. The summed E-state index contributed by atoms with van der Waals surface area (Å²) in [6, 6.07) is 5.00. The van der Waals surface area contributed by atoms with Crippen LogP contribution in [-0.4, -0.2) is 103 Å². The van der Waals surface area contributed by atoms with Gasteiger partial charge in [-0.15, -0.1) is 0 Å². The molecule has 1 aromatic carbocycles. The van der Waals surface area contributed by atoms with Crippen molar-refractivity contribution in [3.8, 4) is 11.6 Å². The minimum absolute atomic E-state index is 0.00223. The van der Waals surface area contributed by atoms with E-state index >= 15 is 0 Å². The highest BCUT2D eigenvalue weighted by Gasteiger charge is 2.63. The van der Waals surface area contributed by atoms with Gasteiger partial charge in [0.25, 0.3) is 5.91 Å². The fourth-order valence-corrected chi connectivity index (χ4v) is 8.84. The number of aromatic nitrogens is 1. The smallest absolute Gasteiger partial charge is 0.405 e. The number of carbonyl (C=O) groups excluding carboxylic acids is 3. The Bertz CT molecular complexity index is 1930. The molecule has 7 atom stereocenters. The molecule has 16 heteroatoms. The predicted octanol–water partition coefficient (Wildman–Crippen LogP) is 3.18. The number of hydrogen-bond acceptors (Lipinski definition) is 10. The molecule has 3 heterocycles. The molecule has 6 rings (SSSR count). The monoisotopic (exact) mass is 754 g/mol. The van der Waals surface area contributed by atoms with Crippen molar-refractivity contribution >= 4 is 50.4 Å². The molecule has 0 radical (unpaired) electrons. The number of rotatable bonds is 8. The molecule has 2 aliphatic carbocycles. The fraction of sp³-hybridized carbons (Fsp3) is 0.595. The number of benzene rings is 1. The molecular weight excluding hydrogens is 705 g/mol. The summed E-state index contributed by atoms with van der Waals surface area (Å²) in [5.74, 6) is -1.32. The summed E-state index contributed by atoms with van der Waals surface area (Å²) in [7, 11) is 1.25. The van der Waals surface area contributed by atoms with Gasteiger partial charge in [-0.05, 0) is 86.9 Å². The third kappa shape index (κ3) is 7.73. The molecule has 2 saturated carbocycles. The van der Waals surface area contributed by atoms with Gasteiger partial charge in [0.15, 0.2) is 0 Å². The van der Waals surface area contributed by atoms with Crippen molar-refractivity contribution in [3.63, 3.8) is 0 Å². The van der Waals surface area contributed by atoms with Gasteiger partial charge in [-0.3, -0.25) is 19.1 Å². The Morgan fingerprint density at radius 2 is 1.87 bits per heavy atom. The molecular formula is C37H50N6O9S.